The number of benzene rings is 1. The summed E-state index contributed by atoms with van der Waals surface area (Å²) in [4.78, 5) is 4.23. The lowest BCUT2D eigenvalue weighted by Gasteiger charge is -2.35. The second kappa shape index (κ2) is 7.04. The summed E-state index contributed by atoms with van der Waals surface area (Å²) in [5.41, 5.74) is 1.04. The van der Waals surface area contributed by atoms with Gasteiger partial charge in [-0.05, 0) is 38.4 Å². The number of halogens is 2. The van der Waals surface area contributed by atoms with Crippen molar-refractivity contribution in [3.63, 3.8) is 0 Å². The van der Waals surface area contributed by atoms with Crippen molar-refractivity contribution in [3.05, 3.63) is 53.0 Å². The molecule has 0 aliphatic heterocycles. The van der Waals surface area contributed by atoms with Crippen LogP contribution in [0, 0.1) is 0 Å². The molecule has 1 aliphatic rings. The molecule has 0 fully saturated rings. The van der Waals surface area contributed by atoms with Crippen molar-refractivity contribution in [1.29, 1.82) is 0 Å². The van der Waals surface area contributed by atoms with Gasteiger partial charge in [0.25, 0.3) is 0 Å². The third-order valence-electron chi connectivity index (χ3n) is 3.33. The van der Waals surface area contributed by atoms with Gasteiger partial charge < -0.3 is 9.80 Å². The van der Waals surface area contributed by atoms with Gasteiger partial charge in [0, 0.05) is 23.2 Å². The number of allylic oxidation sites excluding steroid dienone is 2. The first kappa shape index (κ1) is 15.3. The van der Waals surface area contributed by atoms with Crippen molar-refractivity contribution in [1.82, 2.24) is 4.90 Å². The minimum absolute atomic E-state index is 0.241. The van der Waals surface area contributed by atoms with E-state index in [1.807, 2.05) is 50.5 Å². The van der Waals surface area contributed by atoms with Crippen molar-refractivity contribution in [2.45, 2.75) is 12.2 Å². The molecule has 0 aromatic heterocycles. The Balaban J connectivity index is 2.24. The van der Waals surface area contributed by atoms with Crippen LogP contribution in [0.25, 0.3) is 0 Å². The van der Waals surface area contributed by atoms with Crippen molar-refractivity contribution in [2.75, 3.05) is 32.1 Å². The van der Waals surface area contributed by atoms with Crippen molar-refractivity contribution in [3.8, 4) is 0 Å². The van der Waals surface area contributed by atoms with Crippen molar-refractivity contribution in [2.24, 2.45) is 0 Å². The number of anilines is 1. The molecule has 2 nitrogen and oxygen atoms in total. The van der Waals surface area contributed by atoms with E-state index < -0.39 is 6.17 Å². The lowest BCUT2D eigenvalue weighted by molar-refractivity contribution is 0.342. The Morgan fingerprint density at radius 3 is 2.55 bits per heavy atom. The Labute approximate surface area is 128 Å². The average Bonchev–Trinajstić information content (AvgIpc) is 2.41. The van der Waals surface area contributed by atoms with E-state index in [9.17, 15) is 4.39 Å². The fraction of sp³-hybridized carbons (Fsp3) is 0.375. The maximum atomic E-state index is 14.2. The summed E-state index contributed by atoms with van der Waals surface area (Å²) in [6.07, 6.45) is 6.27. The van der Waals surface area contributed by atoms with E-state index in [4.69, 9.17) is 0 Å². The molecular weight excluding hydrogens is 319 g/mol. The highest BCUT2D eigenvalue weighted by atomic mass is 79.9. The fourth-order valence-electron chi connectivity index (χ4n) is 2.26. The third-order valence-corrected chi connectivity index (χ3v) is 3.82. The van der Waals surface area contributed by atoms with Crippen LogP contribution in [-0.2, 0) is 0 Å². The number of rotatable bonds is 5. The van der Waals surface area contributed by atoms with Gasteiger partial charge in [-0.2, -0.15) is 0 Å². The van der Waals surface area contributed by atoms with E-state index in [2.05, 4.69) is 25.7 Å². The van der Waals surface area contributed by atoms with Crippen LogP contribution < -0.4 is 4.90 Å². The van der Waals surface area contributed by atoms with Gasteiger partial charge in [-0.25, -0.2) is 4.39 Å². The lowest BCUT2D eigenvalue weighted by atomic mass is 10.0. The number of hydrogen-bond acceptors (Lipinski definition) is 2. The second-order valence-corrected chi connectivity index (χ2v) is 6.10. The van der Waals surface area contributed by atoms with Crippen LogP contribution in [0.1, 0.15) is 0 Å². The number of hydrogen-bond donors (Lipinski definition) is 0. The minimum atomic E-state index is -0.971. The summed E-state index contributed by atoms with van der Waals surface area (Å²) in [6.45, 7) is 1.67. The van der Waals surface area contributed by atoms with E-state index in [0.717, 1.165) is 23.2 Å². The predicted molar refractivity (Wildman–Crippen MR) is 87.0 cm³/mol. The van der Waals surface area contributed by atoms with Gasteiger partial charge in [-0.3, -0.25) is 0 Å². The van der Waals surface area contributed by atoms with Gasteiger partial charge in [-0.1, -0.05) is 40.2 Å². The Morgan fingerprint density at radius 1 is 1.15 bits per heavy atom. The molecule has 4 heteroatoms. The minimum Gasteiger partial charge on any atom is -0.360 e. The van der Waals surface area contributed by atoms with Crippen molar-refractivity contribution < 1.29 is 4.39 Å². The zero-order valence-corrected chi connectivity index (χ0v) is 13.4. The Hall–Kier alpha value is -1.13. The standard InChI is InChI=1S/C16H20BrFN2/c1-19(2)10-11-20(14-7-5-6-13(17)12-14)16-9-4-3-8-15(16)18/h3-9,12,15-16H,10-11H2,1-2H3. The predicted octanol–water partition coefficient (Wildman–Crippen LogP) is 3.65. The molecule has 20 heavy (non-hydrogen) atoms. The van der Waals surface area contributed by atoms with E-state index in [1.54, 1.807) is 12.2 Å². The second-order valence-electron chi connectivity index (χ2n) is 5.18. The van der Waals surface area contributed by atoms with Crippen LogP contribution in [0.15, 0.2) is 53.0 Å². The van der Waals surface area contributed by atoms with Crippen LogP contribution >= 0.6 is 15.9 Å². The van der Waals surface area contributed by atoms with E-state index in [-0.39, 0.29) is 6.04 Å². The van der Waals surface area contributed by atoms with Gasteiger partial charge in [0.15, 0.2) is 0 Å². The summed E-state index contributed by atoms with van der Waals surface area (Å²) in [5, 5.41) is 0. The zero-order chi connectivity index (χ0) is 14.5. The average molecular weight is 339 g/mol. The molecular formula is C16H20BrFN2. The molecule has 2 unspecified atom stereocenters. The van der Waals surface area contributed by atoms with Gasteiger partial charge in [0.05, 0.1) is 6.04 Å². The zero-order valence-electron chi connectivity index (χ0n) is 11.8. The van der Waals surface area contributed by atoms with E-state index in [1.165, 1.54) is 0 Å². The van der Waals surface area contributed by atoms with Crippen LogP contribution in [0.3, 0.4) is 0 Å². The highest BCUT2D eigenvalue weighted by Crippen LogP contribution is 2.25. The SMILES string of the molecule is CN(C)CCN(c1cccc(Br)c1)C1C=CC=CC1F. The van der Waals surface area contributed by atoms with Gasteiger partial charge >= 0.3 is 0 Å². The van der Waals surface area contributed by atoms with Crippen LogP contribution in [0.5, 0.6) is 0 Å². The molecule has 1 aliphatic carbocycles. The van der Waals surface area contributed by atoms with Gasteiger partial charge in [0.2, 0.25) is 0 Å². The number of nitrogens with zero attached hydrogens (tertiary/aromatic N) is 2. The Bertz CT molecular complexity index is 499. The van der Waals surface area contributed by atoms with Gasteiger partial charge in [0.1, 0.15) is 6.17 Å². The van der Waals surface area contributed by atoms with Crippen LogP contribution in [-0.4, -0.2) is 44.3 Å². The molecule has 108 valence electrons. The third kappa shape index (κ3) is 3.93. The molecule has 1 aromatic carbocycles. The monoisotopic (exact) mass is 338 g/mol. The molecule has 0 bridgehead atoms. The highest BCUT2D eigenvalue weighted by molar-refractivity contribution is 9.10. The van der Waals surface area contributed by atoms with E-state index in [0.29, 0.717) is 0 Å². The van der Waals surface area contributed by atoms with Crippen LogP contribution in [0.4, 0.5) is 10.1 Å². The molecule has 0 spiro atoms. The molecule has 0 saturated carbocycles. The summed E-state index contributed by atoms with van der Waals surface area (Å²) >= 11 is 3.49. The molecule has 1 aromatic rings. The maximum Gasteiger partial charge on any atom is 0.142 e. The summed E-state index contributed by atoms with van der Waals surface area (Å²) in [5.74, 6) is 0. The Morgan fingerprint density at radius 2 is 1.90 bits per heavy atom. The summed E-state index contributed by atoms with van der Waals surface area (Å²) < 4.78 is 15.2. The first-order valence-corrected chi connectivity index (χ1v) is 7.53. The first-order chi connectivity index (χ1) is 9.58. The number of likely N-dealkylation sites (N-methyl/N-ethyl adjacent to an activating group) is 1. The Kier molecular flexibility index (Phi) is 5.38. The smallest absolute Gasteiger partial charge is 0.142 e. The largest absolute Gasteiger partial charge is 0.360 e. The normalized spacial score (nSPS) is 21.4. The maximum absolute atomic E-state index is 14.2. The molecule has 2 atom stereocenters. The molecule has 0 N–H and O–H groups in total. The fourth-order valence-corrected chi connectivity index (χ4v) is 2.64. The summed E-state index contributed by atoms with van der Waals surface area (Å²) in [7, 11) is 4.06. The molecule has 0 heterocycles. The summed E-state index contributed by atoms with van der Waals surface area (Å²) in [6, 6.07) is 7.79. The molecule has 0 amide bonds. The first-order valence-electron chi connectivity index (χ1n) is 6.74. The quantitative estimate of drug-likeness (QED) is 0.808. The topological polar surface area (TPSA) is 6.48 Å². The van der Waals surface area contributed by atoms with Crippen molar-refractivity contribution >= 4 is 21.6 Å². The van der Waals surface area contributed by atoms with Gasteiger partial charge in [-0.15, -0.1) is 0 Å². The lowest BCUT2D eigenvalue weighted by Crippen LogP contribution is -2.44. The van der Waals surface area contributed by atoms with Crippen LogP contribution in [0.2, 0.25) is 0 Å². The highest BCUT2D eigenvalue weighted by Gasteiger charge is 2.25. The number of alkyl halides is 1. The molecule has 0 radical (unpaired) electrons. The molecule has 2 rings (SSSR count). The van der Waals surface area contributed by atoms with E-state index >= 15 is 0 Å². The molecule has 0 saturated heterocycles.